The number of carbonyl (C=O) groups excluding carboxylic acids is 1. The molecule has 2 fully saturated rings. The Hall–Kier alpha value is -0.240. The van der Waals surface area contributed by atoms with E-state index in [0.29, 0.717) is 5.92 Å². The van der Waals surface area contributed by atoms with Crippen molar-refractivity contribution in [1.29, 1.82) is 0 Å². The van der Waals surface area contributed by atoms with Gasteiger partial charge in [-0.1, -0.05) is 25.7 Å². The third-order valence-corrected chi connectivity index (χ3v) is 4.75. The van der Waals surface area contributed by atoms with Crippen LogP contribution < -0.4 is 5.32 Å². The van der Waals surface area contributed by atoms with Gasteiger partial charge >= 0.3 is 0 Å². The van der Waals surface area contributed by atoms with E-state index in [1.165, 1.54) is 38.5 Å². The summed E-state index contributed by atoms with van der Waals surface area (Å²) in [6.45, 7) is 0. The molecule has 0 bridgehead atoms. The monoisotopic (exact) mass is 257 g/mol. The average molecular weight is 258 g/mol. The number of alkyl halides is 1. The van der Waals surface area contributed by atoms with Crippen LogP contribution in [0.5, 0.6) is 0 Å². The highest BCUT2D eigenvalue weighted by Gasteiger charge is 2.27. The zero-order valence-electron chi connectivity index (χ0n) is 10.6. The molecule has 0 saturated heterocycles. The van der Waals surface area contributed by atoms with E-state index in [9.17, 15) is 4.79 Å². The molecule has 1 N–H and O–H groups in total. The molecule has 3 heteroatoms. The van der Waals surface area contributed by atoms with Crippen molar-refractivity contribution in [1.82, 2.24) is 5.32 Å². The van der Waals surface area contributed by atoms with Gasteiger partial charge in [-0.2, -0.15) is 0 Å². The maximum absolute atomic E-state index is 12.0. The normalized spacial score (nSPS) is 31.1. The van der Waals surface area contributed by atoms with Crippen molar-refractivity contribution in [3.05, 3.63) is 0 Å². The van der Waals surface area contributed by atoms with Crippen LogP contribution >= 0.6 is 11.6 Å². The molecule has 1 amide bonds. The van der Waals surface area contributed by atoms with E-state index < -0.39 is 0 Å². The zero-order chi connectivity index (χ0) is 12.1. The van der Waals surface area contributed by atoms with Crippen molar-refractivity contribution >= 4 is 17.5 Å². The molecule has 2 unspecified atom stereocenters. The lowest BCUT2D eigenvalue weighted by Crippen LogP contribution is -2.38. The molecule has 0 aromatic carbocycles. The van der Waals surface area contributed by atoms with E-state index in [-0.39, 0.29) is 17.3 Å². The van der Waals surface area contributed by atoms with Crippen LogP contribution in [0.3, 0.4) is 0 Å². The molecule has 0 heterocycles. The van der Waals surface area contributed by atoms with Gasteiger partial charge in [0, 0.05) is 12.5 Å². The molecular formula is C14H24ClNO. The number of halogens is 1. The van der Waals surface area contributed by atoms with Gasteiger partial charge < -0.3 is 5.32 Å². The fourth-order valence-electron chi connectivity index (χ4n) is 3.17. The minimum atomic E-state index is 0.160. The van der Waals surface area contributed by atoms with Crippen molar-refractivity contribution in [2.45, 2.75) is 75.6 Å². The summed E-state index contributed by atoms with van der Waals surface area (Å²) in [5.74, 6) is 0.849. The molecule has 17 heavy (non-hydrogen) atoms. The first-order valence-corrected chi connectivity index (χ1v) is 7.63. The van der Waals surface area contributed by atoms with Crippen molar-refractivity contribution in [2.24, 2.45) is 5.92 Å². The Kier molecular flexibility index (Phi) is 5.15. The Morgan fingerprint density at radius 3 is 2.29 bits per heavy atom. The van der Waals surface area contributed by atoms with Gasteiger partial charge in [-0.15, -0.1) is 11.6 Å². The number of rotatable bonds is 3. The third-order valence-electron chi connectivity index (χ3n) is 4.23. The number of amides is 1. The second-order valence-electron chi connectivity index (χ2n) is 5.68. The van der Waals surface area contributed by atoms with Gasteiger partial charge in [-0.25, -0.2) is 0 Å². The third kappa shape index (κ3) is 4.17. The lowest BCUT2D eigenvalue weighted by Gasteiger charge is -2.18. The largest absolute Gasteiger partial charge is 0.352 e. The van der Waals surface area contributed by atoms with Crippen molar-refractivity contribution in [3.63, 3.8) is 0 Å². The molecule has 2 nitrogen and oxygen atoms in total. The molecular weight excluding hydrogens is 234 g/mol. The van der Waals surface area contributed by atoms with Gasteiger partial charge in [0.1, 0.15) is 0 Å². The number of carbonyl (C=O) groups is 1. The second-order valence-corrected chi connectivity index (χ2v) is 6.24. The van der Waals surface area contributed by atoms with Gasteiger partial charge in [0.05, 0.1) is 5.38 Å². The molecule has 2 aliphatic carbocycles. The van der Waals surface area contributed by atoms with Crippen LogP contribution in [-0.4, -0.2) is 17.3 Å². The lowest BCUT2D eigenvalue weighted by atomic mass is 9.96. The summed E-state index contributed by atoms with van der Waals surface area (Å²) in [5.41, 5.74) is 0. The smallest absolute Gasteiger partial charge is 0.220 e. The van der Waals surface area contributed by atoms with E-state index >= 15 is 0 Å². The molecule has 98 valence electrons. The minimum Gasteiger partial charge on any atom is -0.352 e. The van der Waals surface area contributed by atoms with Gasteiger partial charge in [-0.3, -0.25) is 4.79 Å². The van der Waals surface area contributed by atoms with E-state index in [2.05, 4.69) is 5.32 Å². The summed E-state index contributed by atoms with van der Waals surface area (Å²) in [5, 5.41) is 3.29. The molecule has 2 aliphatic rings. The molecule has 2 atom stereocenters. The number of hydrogen-bond donors (Lipinski definition) is 1. The molecule has 0 aromatic heterocycles. The van der Waals surface area contributed by atoms with Crippen LogP contribution in [0.2, 0.25) is 0 Å². The standard InChI is InChI=1S/C14H24ClNO/c15-12-8-5-9-13(12)16-14(17)10-11-6-3-1-2-4-7-11/h11-13H,1-10H2,(H,16,17). The summed E-state index contributed by atoms with van der Waals surface area (Å²) in [4.78, 5) is 12.0. The predicted octanol–water partition coefficient (Wildman–Crippen LogP) is 3.62. The molecule has 0 spiro atoms. The van der Waals surface area contributed by atoms with Gasteiger partial charge in [0.25, 0.3) is 0 Å². The summed E-state index contributed by atoms with van der Waals surface area (Å²) >= 11 is 6.18. The maximum Gasteiger partial charge on any atom is 0.220 e. The Morgan fingerprint density at radius 2 is 1.71 bits per heavy atom. The molecule has 0 aromatic rings. The maximum atomic E-state index is 12.0. The highest BCUT2D eigenvalue weighted by molar-refractivity contribution is 6.21. The van der Waals surface area contributed by atoms with Crippen LogP contribution in [0, 0.1) is 5.92 Å². The average Bonchev–Trinajstić information content (AvgIpc) is 2.55. The molecule has 2 rings (SSSR count). The number of nitrogens with one attached hydrogen (secondary N) is 1. The fourth-order valence-corrected chi connectivity index (χ4v) is 3.52. The highest BCUT2D eigenvalue weighted by Crippen LogP contribution is 2.27. The SMILES string of the molecule is O=C(CC1CCCCCC1)NC1CCCC1Cl. The Bertz CT molecular complexity index is 249. The van der Waals surface area contributed by atoms with Crippen LogP contribution in [0.4, 0.5) is 0 Å². The Labute approximate surface area is 109 Å². The molecule has 2 saturated carbocycles. The summed E-state index contributed by atoms with van der Waals surface area (Å²) in [6.07, 6.45) is 11.8. The van der Waals surface area contributed by atoms with Crippen LogP contribution in [0.25, 0.3) is 0 Å². The summed E-state index contributed by atoms with van der Waals surface area (Å²) in [6, 6.07) is 0.231. The quantitative estimate of drug-likeness (QED) is 0.607. The van der Waals surface area contributed by atoms with E-state index in [1.807, 2.05) is 0 Å². The van der Waals surface area contributed by atoms with Crippen molar-refractivity contribution in [3.8, 4) is 0 Å². The molecule has 0 aliphatic heterocycles. The lowest BCUT2D eigenvalue weighted by molar-refractivity contribution is -0.122. The zero-order valence-corrected chi connectivity index (χ0v) is 11.3. The Morgan fingerprint density at radius 1 is 1.00 bits per heavy atom. The van der Waals surface area contributed by atoms with Gasteiger partial charge in [0.2, 0.25) is 5.91 Å². The first kappa shape index (κ1) is 13.2. The first-order chi connectivity index (χ1) is 8.25. The van der Waals surface area contributed by atoms with Crippen LogP contribution in [0.15, 0.2) is 0 Å². The summed E-state index contributed by atoms with van der Waals surface area (Å²) < 4.78 is 0. The van der Waals surface area contributed by atoms with Gasteiger partial charge in [-0.05, 0) is 38.0 Å². The number of hydrogen-bond acceptors (Lipinski definition) is 1. The topological polar surface area (TPSA) is 29.1 Å². The Balaban J connectivity index is 1.72. The van der Waals surface area contributed by atoms with Crippen molar-refractivity contribution < 1.29 is 4.79 Å². The minimum absolute atomic E-state index is 0.160. The summed E-state index contributed by atoms with van der Waals surface area (Å²) in [7, 11) is 0. The van der Waals surface area contributed by atoms with E-state index in [0.717, 1.165) is 25.7 Å². The van der Waals surface area contributed by atoms with E-state index in [1.54, 1.807) is 0 Å². The van der Waals surface area contributed by atoms with Crippen LogP contribution in [0.1, 0.15) is 64.2 Å². The van der Waals surface area contributed by atoms with Crippen LogP contribution in [-0.2, 0) is 4.79 Å². The second kappa shape index (κ2) is 6.63. The van der Waals surface area contributed by atoms with E-state index in [4.69, 9.17) is 11.6 Å². The van der Waals surface area contributed by atoms with Gasteiger partial charge in [0.15, 0.2) is 0 Å². The first-order valence-electron chi connectivity index (χ1n) is 7.19. The fraction of sp³-hybridized carbons (Fsp3) is 0.929. The highest BCUT2D eigenvalue weighted by atomic mass is 35.5. The molecule has 0 radical (unpaired) electrons. The predicted molar refractivity (Wildman–Crippen MR) is 71.2 cm³/mol. The van der Waals surface area contributed by atoms with Crippen molar-refractivity contribution in [2.75, 3.05) is 0 Å².